The molecule has 0 aliphatic carbocycles. The molecule has 0 spiro atoms. The Labute approximate surface area is 84.1 Å². The van der Waals surface area contributed by atoms with Gasteiger partial charge in [0, 0.05) is 0 Å². The highest BCUT2D eigenvalue weighted by Gasteiger charge is 2.18. The summed E-state index contributed by atoms with van der Waals surface area (Å²) in [4.78, 5) is 3.64. The number of pyridine rings is 1. The van der Waals surface area contributed by atoms with Crippen LogP contribution in [0, 0.1) is 11.3 Å². The van der Waals surface area contributed by atoms with E-state index >= 15 is 0 Å². The van der Waals surface area contributed by atoms with Crippen LogP contribution in [0.4, 0.5) is 14.6 Å². The van der Waals surface area contributed by atoms with Crippen molar-refractivity contribution in [1.82, 2.24) is 4.98 Å². The van der Waals surface area contributed by atoms with E-state index in [1.54, 1.807) is 6.07 Å². The molecule has 1 aromatic heterocycles. The summed E-state index contributed by atoms with van der Waals surface area (Å²) in [7, 11) is 0. The highest BCUT2D eigenvalue weighted by molar-refractivity contribution is 6.31. The lowest BCUT2D eigenvalue weighted by Crippen LogP contribution is -2.02. The van der Waals surface area contributed by atoms with Crippen molar-refractivity contribution >= 4 is 17.4 Å². The third-order valence-electron chi connectivity index (χ3n) is 1.57. The lowest BCUT2D eigenvalue weighted by molar-refractivity contribution is 0.150. The zero-order valence-corrected chi connectivity index (χ0v) is 7.72. The Kier molecular flexibility index (Phi) is 3.20. The Morgan fingerprint density at radius 1 is 1.64 bits per heavy atom. The van der Waals surface area contributed by atoms with Crippen molar-refractivity contribution < 1.29 is 8.78 Å². The van der Waals surface area contributed by atoms with Gasteiger partial charge in [0.05, 0.1) is 28.8 Å². The van der Waals surface area contributed by atoms with Gasteiger partial charge in [0.15, 0.2) is 0 Å². The van der Waals surface area contributed by atoms with Gasteiger partial charge in [0.25, 0.3) is 6.43 Å². The third kappa shape index (κ3) is 2.09. The zero-order valence-electron chi connectivity index (χ0n) is 6.97. The monoisotopic (exact) mass is 217 g/mol. The Hall–Kier alpha value is -1.41. The summed E-state index contributed by atoms with van der Waals surface area (Å²) < 4.78 is 24.9. The predicted molar refractivity (Wildman–Crippen MR) is 47.9 cm³/mol. The first-order valence-corrected chi connectivity index (χ1v) is 4.04. The molecule has 1 heterocycles. The number of halogens is 3. The molecule has 1 rings (SSSR count). The molecule has 0 unspecified atom stereocenters. The molecule has 0 atom stereocenters. The van der Waals surface area contributed by atoms with Gasteiger partial charge in [-0.05, 0) is 6.07 Å². The maximum atomic E-state index is 12.5. The van der Waals surface area contributed by atoms with E-state index in [1.165, 1.54) is 0 Å². The van der Waals surface area contributed by atoms with Crippen molar-refractivity contribution in [3.63, 3.8) is 0 Å². The number of hydrogen-bond donors (Lipinski definition) is 1. The van der Waals surface area contributed by atoms with E-state index in [9.17, 15) is 8.78 Å². The van der Waals surface area contributed by atoms with E-state index in [0.29, 0.717) is 0 Å². The van der Waals surface area contributed by atoms with E-state index < -0.39 is 12.0 Å². The van der Waals surface area contributed by atoms with Gasteiger partial charge in [-0.2, -0.15) is 5.26 Å². The van der Waals surface area contributed by atoms with Crippen molar-refractivity contribution in [3.05, 3.63) is 22.3 Å². The molecular weight excluding hydrogens is 212 g/mol. The molecule has 6 heteroatoms. The van der Waals surface area contributed by atoms with Crippen molar-refractivity contribution in [1.29, 1.82) is 5.26 Å². The van der Waals surface area contributed by atoms with Crippen LogP contribution in [-0.4, -0.2) is 4.98 Å². The topological polar surface area (TPSA) is 62.7 Å². The smallest absolute Gasteiger partial charge is 0.267 e. The molecule has 0 aliphatic rings. The maximum Gasteiger partial charge on any atom is 0.267 e. The van der Waals surface area contributed by atoms with Crippen LogP contribution >= 0.6 is 11.6 Å². The second-order valence-electron chi connectivity index (χ2n) is 2.52. The number of nitrogen functional groups attached to an aromatic ring is 1. The fourth-order valence-electron chi connectivity index (χ4n) is 1.03. The van der Waals surface area contributed by atoms with Gasteiger partial charge < -0.3 is 5.73 Å². The Morgan fingerprint density at radius 3 is 2.79 bits per heavy atom. The highest BCUT2D eigenvalue weighted by Crippen LogP contribution is 2.30. The van der Waals surface area contributed by atoms with Crippen LogP contribution in [0.25, 0.3) is 0 Å². The second-order valence-corrected chi connectivity index (χ2v) is 2.93. The third-order valence-corrected chi connectivity index (χ3v) is 1.88. The summed E-state index contributed by atoms with van der Waals surface area (Å²) in [5.41, 5.74) is 4.83. The van der Waals surface area contributed by atoms with E-state index in [-0.39, 0.29) is 23.0 Å². The summed E-state index contributed by atoms with van der Waals surface area (Å²) >= 11 is 5.56. The van der Waals surface area contributed by atoms with Crippen LogP contribution in [0.3, 0.4) is 0 Å². The summed E-state index contributed by atoms with van der Waals surface area (Å²) in [5, 5.41) is 8.23. The first-order valence-electron chi connectivity index (χ1n) is 3.66. The van der Waals surface area contributed by atoms with E-state index in [2.05, 4.69) is 4.98 Å². The molecule has 0 amide bonds. The quantitative estimate of drug-likeness (QED) is 0.827. The SMILES string of the molecule is N#CCc1nc(N)cc(Cl)c1C(F)F. The molecular formula is C8H6ClF2N3. The van der Waals surface area contributed by atoms with Gasteiger partial charge in [-0.1, -0.05) is 11.6 Å². The molecule has 0 aromatic carbocycles. The fraction of sp³-hybridized carbons (Fsp3) is 0.250. The molecule has 74 valence electrons. The number of aromatic nitrogens is 1. The van der Waals surface area contributed by atoms with Gasteiger partial charge in [-0.3, -0.25) is 0 Å². The molecule has 0 saturated heterocycles. The van der Waals surface area contributed by atoms with Gasteiger partial charge >= 0.3 is 0 Å². The molecule has 0 bridgehead atoms. The summed E-state index contributed by atoms with van der Waals surface area (Å²) in [5.74, 6) is 0.0321. The molecule has 0 fully saturated rings. The largest absolute Gasteiger partial charge is 0.384 e. The van der Waals surface area contributed by atoms with Gasteiger partial charge in [-0.25, -0.2) is 13.8 Å². The number of hydrogen-bond acceptors (Lipinski definition) is 3. The lowest BCUT2D eigenvalue weighted by Gasteiger charge is -2.08. The summed E-state index contributed by atoms with van der Waals surface area (Å²) in [6, 6.07) is 2.87. The number of rotatable bonds is 2. The molecule has 0 saturated carbocycles. The molecule has 0 radical (unpaired) electrons. The van der Waals surface area contributed by atoms with Crippen molar-refractivity contribution in [2.45, 2.75) is 12.8 Å². The maximum absolute atomic E-state index is 12.5. The predicted octanol–water partition coefficient (Wildman–Crippen LogP) is 2.32. The van der Waals surface area contributed by atoms with Crippen LogP contribution in [0.15, 0.2) is 6.07 Å². The first kappa shape index (κ1) is 10.7. The van der Waals surface area contributed by atoms with Gasteiger partial charge in [0.2, 0.25) is 0 Å². The molecule has 3 nitrogen and oxygen atoms in total. The number of anilines is 1. The highest BCUT2D eigenvalue weighted by atomic mass is 35.5. The molecule has 2 N–H and O–H groups in total. The molecule has 0 aliphatic heterocycles. The zero-order chi connectivity index (χ0) is 10.7. The minimum absolute atomic E-state index is 0.0321. The van der Waals surface area contributed by atoms with Gasteiger partial charge in [-0.15, -0.1) is 0 Å². The Balaban J connectivity index is 3.30. The van der Waals surface area contributed by atoms with Crippen molar-refractivity contribution in [2.75, 3.05) is 5.73 Å². The standard InChI is InChI=1S/C8H6ClF2N3/c9-4-3-6(13)14-5(1-2-12)7(4)8(10)11/h3,8H,1H2,(H2,13,14). The number of alkyl halides is 2. The van der Waals surface area contributed by atoms with Crippen LogP contribution in [0.2, 0.25) is 5.02 Å². The van der Waals surface area contributed by atoms with Crippen molar-refractivity contribution in [3.8, 4) is 6.07 Å². The van der Waals surface area contributed by atoms with Crippen LogP contribution in [0.5, 0.6) is 0 Å². The Morgan fingerprint density at radius 2 is 2.29 bits per heavy atom. The number of nitriles is 1. The number of nitrogens with zero attached hydrogens (tertiary/aromatic N) is 2. The van der Waals surface area contributed by atoms with Gasteiger partial charge in [0.1, 0.15) is 5.82 Å². The average Bonchev–Trinajstić information content (AvgIpc) is 2.01. The second kappa shape index (κ2) is 4.20. The van der Waals surface area contributed by atoms with E-state index in [1.807, 2.05) is 0 Å². The minimum atomic E-state index is -2.75. The summed E-state index contributed by atoms with van der Waals surface area (Å²) in [6.07, 6.45) is -2.98. The molecule has 1 aromatic rings. The Bertz CT molecular complexity index is 387. The van der Waals surface area contributed by atoms with E-state index in [4.69, 9.17) is 22.6 Å². The minimum Gasteiger partial charge on any atom is -0.384 e. The van der Waals surface area contributed by atoms with Crippen LogP contribution in [0.1, 0.15) is 17.7 Å². The van der Waals surface area contributed by atoms with Crippen molar-refractivity contribution in [2.24, 2.45) is 0 Å². The summed E-state index contributed by atoms with van der Waals surface area (Å²) in [6.45, 7) is 0. The first-order chi connectivity index (χ1) is 6.56. The normalized spacial score (nSPS) is 10.2. The van der Waals surface area contributed by atoms with Crippen LogP contribution in [-0.2, 0) is 6.42 Å². The lowest BCUT2D eigenvalue weighted by atomic mass is 10.1. The van der Waals surface area contributed by atoms with E-state index in [0.717, 1.165) is 6.07 Å². The molecule has 14 heavy (non-hydrogen) atoms. The number of nitrogens with two attached hydrogens (primary N) is 1. The average molecular weight is 218 g/mol. The fourth-order valence-corrected chi connectivity index (χ4v) is 1.34. The van der Waals surface area contributed by atoms with Crippen LogP contribution < -0.4 is 5.73 Å².